The van der Waals surface area contributed by atoms with Crippen LogP contribution in [0.4, 0.5) is 17.3 Å². The molecule has 104 valence electrons. The zero-order valence-corrected chi connectivity index (χ0v) is 11.1. The van der Waals surface area contributed by atoms with Crippen molar-refractivity contribution in [3.63, 3.8) is 0 Å². The van der Waals surface area contributed by atoms with Crippen LogP contribution in [0.25, 0.3) is 0 Å². The molecule has 1 fully saturated rings. The van der Waals surface area contributed by atoms with Crippen LogP contribution in [0.1, 0.15) is 13.3 Å². The van der Waals surface area contributed by atoms with Crippen LogP contribution in [0.5, 0.6) is 0 Å². The molecule has 1 N–H and O–H groups in total. The first-order chi connectivity index (χ1) is 9.17. The summed E-state index contributed by atoms with van der Waals surface area (Å²) in [5.74, 6) is 1.05. The summed E-state index contributed by atoms with van der Waals surface area (Å²) in [6, 6.07) is 3.24. The van der Waals surface area contributed by atoms with E-state index in [1.54, 1.807) is 13.1 Å². The Kier molecular flexibility index (Phi) is 4.16. The van der Waals surface area contributed by atoms with Gasteiger partial charge in [-0.3, -0.25) is 10.1 Å². The minimum Gasteiger partial charge on any atom is -0.377 e. The Morgan fingerprint density at radius 3 is 3.05 bits per heavy atom. The Hall–Kier alpha value is -1.89. The van der Waals surface area contributed by atoms with Crippen molar-refractivity contribution in [2.45, 2.75) is 19.4 Å². The fourth-order valence-electron chi connectivity index (χ4n) is 2.21. The summed E-state index contributed by atoms with van der Waals surface area (Å²) in [7, 11) is 1.74. The molecule has 1 unspecified atom stereocenters. The third-order valence-corrected chi connectivity index (χ3v) is 3.28. The van der Waals surface area contributed by atoms with Crippen molar-refractivity contribution in [1.29, 1.82) is 0 Å². The average molecular weight is 266 g/mol. The van der Waals surface area contributed by atoms with Gasteiger partial charge in [-0.05, 0) is 12.5 Å². The predicted octanol–water partition coefficient (Wildman–Crippen LogP) is 1.65. The molecule has 0 aliphatic carbocycles. The molecule has 2 heterocycles. The number of nitrogens with zero attached hydrogens (tertiary/aromatic N) is 3. The van der Waals surface area contributed by atoms with Crippen LogP contribution in [-0.2, 0) is 4.74 Å². The van der Waals surface area contributed by atoms with Crippen molar-refractivity contribution >= 4 is 17.3 Å². The molecular weight excluding hydrogens is 248 g/mol. The zero-order valence-electron chi connectivity index (χ0n) is 11.1. The number of ether oxygens (including phenoxy) is 1. The number of nitro groups is 1. The maximum absolute atomic E-state index is 11.1. The SMILES string of the molecule is CCC1COCCN1c1nc(NC)ccc1[N+](=O)[O-]. The summed E-state index contributed by atoms with van der Waals surface area (Å²) >= 11 is 0. The summed E-state index contributed by atoms with van der Waals surface area (Å²) in [6.07, 6.45) is 0.864. The highest BCUT2D eigenvalue weighted by molar-refractivity contribution is 5.62. The van der Waals surface area contributed by atoms with Crippen molar-refractivity contribution in [3.05, 3.63) is 22.2 Å². The molecule has 1 aromatic heterocycles. The van der Waals surface area contributed by atoms with Crippen LogP contribution in [0.15, 0.2) is 12.1 Å². The van der Waals surface area contributed by atoms with E-state index in [1.165, 1.54) is 6.07 Å². The fraction of sp³-hybridized carbons (Fsp3) is 0.583. The molecule has 1 saturated heterocycles. The van der Waals surface area contributed by atoms with E-state index in [0.717, 1.165) is 6.42 Å². The second kappa shape index (κ2) is 5.83. The number of anilines is 2. The molecule has 2 rings (SSSR count). The molecule has 1 atom stereocenters. The topological polar surface area (TPSA) is 80.5 Å². The highest BCUT2D eigenvalue weighted by atomic mass is 16.6. The molecule has 1 aliphatic rings. The number of nitrogens with one attached hydrogen (secondary N) is 1. The fourth-order valence-corrected chi connectivity index (χ4v) is 2.21. The summed E-state index contributed by atoms with van der Waals surface area (Å²) in [5, 5.41) is 14.1. The van der Waals surface area contributed by atoms with E-state index < -0.39 is 0 Å². The van der Waals surface area contributed by atoms with E-state index in [9.17, 15) is 10.1 Å². The lowest BCUT2D eigenvalue weighted by molar-refractivity contribution is -0.384. The van der Waals surface area contributed by atoms with Gasteiger partial charge in [0.25, 0.3) is 0 Å². The molecular formula is C12H18N4O3. The molecule has 7 nitrogen and oxygen atoms in total. The largest absolute Gasteiger partial charge is 0.377 e. The highest BCUT2D eigenvalue weighted by Gasteiger charge is 2.29. The lowest BCUT2D eigenvalue weighted by Gasteiger charge is -2.35. The van der Waals surface area contributed by atoms with Crippen molar-refractivity contribution < 1.29 is 9.66 Å². The standard InChI is InChI=1S/C12H18N4O3/c1-3-9-8-19-7-6-15(9)12-10(16(17)18)4-5-11(13-2)14-12/h4-5,9H,3,6-8H2,1-2H3,(H,13,14). The van der Waals surface area contributed by atoms with Crippen LogP contribution < -0.4 is 10.2 Å². The number of hydrogen-bond donors (Lipinski definition) is 1. The zero-order chi connectivity index (χ0) is 13.8. The van der Waals surface area contributed by atoms with Crippen LogP contribution in [0.3, 0.4) is 0 Å². The van der Waals surface area contributed by atoms with Gasteiger partial charge in [-0.2, -0.15) is 0 Å². The van der Waals surface area contributed by atoms with Crippen LogP contribution in [-0.4, -0.2) is 42.8 Å². The first kappa shape index (κ1) is 13.5. The van der Waals surface area contributed by atoms with Crippen LogP contribution in [0, 0.1) is 10.1 Å². The van der Waals surface area contributed by atoms with Gasteiger partial charge in [-0.15, -0.1) is 0 Å². The Morgan fingerprint density at radius 1 is 1.63 bits per heavy atom. The summed E-state index contributed by atoms with van der Waals surface area (Å²) in [6.45, 7) is 3.82. The molecule has 1 aliphatic heterocycles. The van der Waals surface area contributed by atoms with Gasteiger partial charge in [0, 0.05) is 19.7 Å². The number of morpholine rings is 1. The Bertz CT molecular complexity index is 466. The number of hydrogen-bond acceptors (Lipinski definition) is 6. The van der Waals surface area contributed by atoms with Gasteiger partial charge in [0.15, 0.2) is 0 Å². The minimum absolute atomic E-state index is 0.0411. The van der Waals surface area contributed by atoms with Crippen molar-refractivity contribution in [2.24, 2.45) is 0 Å². The van der Waals surface area contributed by atoms with Crippen molar-refractivity contribution in [1.82, 2.24) is 4.98 Å². The van der Waals surface area contributed by atoms with Gasteiger partial charge in [-0.1, -0.05) is 6.92 Å². The number of rotatable bonds is 4. The Balaban J connectivity index is 2.42. The second-order valence-corrected chi connectivity index (χ2v) is 4.38. The quantitative estimate of drug-likeness (QED) is 0.659. The predicted molar refractivity (Wildman–Crippen MR) is 72.7 cm³/mol. The lowest BCUT2D eigenvalue weighted by atomic mass is 10.1. The highest BCUT2D eigenvalue weighted by Crippen LogP contribution is 2.30. The monoisotopic (exact) mass is 266 g/mol. The van der Waals surface area contributed by atoms with E-state index in [1.807, 2.05) is 11.8 Å². The Morgan fingerprint density at radius 2 is 2.42 bits per heavy atom. The molecule has 0 saturated carbocycles. The molecule has 0 radical (unpaired) electrons. The third-order valence-electron chi connectivity index (χ3n) is 3.28. The summed E-state index contributed by atoms with van der Waals surface area (Å²) < 4.78 is 5.43. The van der Waals surface area contributed by atoms with Gasteiger partial charge < -0.3 is 15.0 Å². The van der Waals surface area contributed by atoms with E-state index in [4.69, 9.17) is 4.74 Å². The first-order valence-electron chi connectivity index (χ1n) is 6.35. The molecule has 0 aromatic carbocycles. The maximum Gasteiger partial charge on any atom is 0.311 e. The number of aromatic nitrogens is 1. The third kappa shape index (κ3) is 2.76. The molecule has 7 heteroatoms. The van der Waals surface area contributed by atoms with Crippen molar-refractivity contribution in [3.8, 4) is 0 Å². The van der Waals surface area contributed by atoms with E-state index >= 15 is 0 Å². The normalized spacial score (nSPS) is 19.3. The molecule has 1 aromatic rings. The maximum atomic E-state index is 11.1. The first-order valence-corrected chi connectivity index (χ1v) is 6.35. The molecule has 0 amide bonds. The number of pyridine rings is 1. The smallest absolute Gasteiger partial charge is 0.311 e. The summed E-state index contributed by atoms with van der Waals surface area (Å²) in [5.41, 5.74) is 0.0411. The Labute approximate surface area is 111 Å². The van der Waals surface area contributed by atoms with E-state index in [0.29, 0.717) is 31.4 Å². The average Bonchev–Trinajstić information content (AvgIpc) is 2.46. The van der Waals surface area contributed by atoms with Gasteiger partial charge in [0.1, 0.15) is 5.82 Å². The van der Waals surface area contributed by atoms with E-state index in [2.05, 4.69) is 10.3 Å². The van der Waals surface area contributed by atoms with Crippen LogP contribution >= 0.6 is 0 Å². The van der Waals surface area contributed by atoms with Gasteiger partial charge in [0.05, 0.1) is 24.2 Å². The van der Waals surface area contributed by atoms with Crippen LogP contribution in [0.2, 0.25) is 0 Å². The van der Waals surface area contributed by atoms with Gasteiger partial charge in [-0.25, -0.2) is 4.98 Å². The van der Waals surface area contributed by atoms with E-state index in [-0.39, 0.29) is 16.7 Å². The molecule has 19 heavy (non-hydrogen) atoms. The second-order valence-electron chi connectivity index (χ2n) is 4.38. The summed E-state index contributed by atoms with van der Waals surface area (Å²) in [4.78, 5) is 17.1. The van der Waals surface area contributed by atoms with Gasteiger partial charge >= 0.3 is 5.69 Å². The van der Waals surface area contributed by atoms with Crippen molar-refractivity contribution in [2.75, 3.05) is 37.0 Å². The molecule has 0 bridgehead atoms. The lowest BCUT2D eigenvalue weighted by Crippen LogP contribution is -2.45. The van der Waals surface area contributed by atoms with Gasteiger partial charge in [0.2, 0.25) is 5.82 Å². The minimum atomic E-state index is -0.385. The molecule has 0 spiro atoms.